The lowest BCUT2D eigenvalue weighted by Crippen LogP contribution is -2.65. The number of fused-ring (bicyclic) bond motifs is 1. The molecule has 20 nitrogen and oxygen atoms in total. The first-order valence-electron chi connectivity index (χ1n) is 17.8. The molecule has 4 fully saturated rings. The van der Waals surface area contributed by atoms with Crippen LogP contribution >= 0.6 is 0 Å². The molecule has 4 aliphatic heterocycles. The summed E-state index contributed by atoms with van der Waals surface area (Å²) in [6.07, 6.45) is -22.7. The van der Waals surface area contributed by atoms with E-state index in [0.717, 1.165) is 10.9 Å². The van der Waals surface area contributed by atoms with Crippen LogP contribution in [-0.4, -0.2) is 210 Å². The molecule has 4 saturated heterocycles. The fourth-order valence-corrected chi connectivity index (χ4v) is 7.18. The van der Waals surface area contributed by atoms with Crippen LogP contribution in [0.15, 0.2) is 30.5 Å². The number of pyridine rings is 1. The Bertz CT molecular complexity index is 1510. The highest BCUT2D eigenvalue weighted by atomic mass is 16.7. The maximum Gasteiger partial charge on any atom is 0.187 e. The van der Waals surface area contributed by atoms with E-state index < -0.39 is 124 Å². The molecule has 1 aromatic carbocycles. The molecule has 1 aromatic heterocycles. The van der Waals surface area contributed by atoms with E-state index in [1.165, 1.54) is 6.92 Å². The lowest BCUT2D eigenvalue weighted by Gasteiger charge is -2.47. The third-order valence-corrected chi connectivity index (χ3v) is 10.2. The third kappa shape index (κ3) is 8.81. The summed E-state index contributed by atoms with van der Waals surface area (Å²) in [6, 6.07) is 6.94. The summed E-state index contributed by atoms with van der Waals surface area (Å²) < 4.78 is 40.2. The minimum Gasteiger partial charge on any atom is -0.506 e. The number of ether oxygens (including phenoxy) is 7. The number of phenolic OH excluding ortho intramolecular Hbond substituents is 1. The zero-order chi connectivity index (χ0) is 38.8. The van der Waals surface area contributed by atoms with Crippen LogP contribution in [0.5, 0.6) is 5.75 Å². The summed E-state index contributed by atoms with van der Waals surface area (Å²) >= 11 is 0. The van der Waals surface area contributed by atoms with Crippen molar-refractivity contribution in [3.8, 4) is 5.75 Å². The van der Waals surface area contributed by atoms with Gasteiger partial charge in [-0.3, -0.25) is 9.88 Å². The summed E-state index contributed by atoms with van der Waals surface area (Å²) in [6.45, 7) is 0.00741. The second-order valence-corrected chi connectivity index (χ2v) is 14.1. The fourth-order valence-electron chi connectivity index (χ4n) is 7.18. The van der Waals surface area contributed by atoms with Crippen LogP contribution in [0.2, 0.25) is 0 Å². The average molecular weight is 775 g/mol. The van der Waals surface area contributed by atoms with Crippen LogP contribution in [0.1, 0.15) is 12.5 Å². The number of aromatic nitrogens is 1. The largest absolute Gasteiger partial charge is 0.506 e. The first kappa shape index (κ1) is 41.3. The molecule has 0 spiro atoms. The van der Waals surface area contributed by atoms with Crippen LogP contribution < -0.4 is 0 Å². The molecule has 5 heterocycles. The third-order valence-electron chi connectivity index (χ3n) is 10.2. The number of morpholine rings is 1. The number of hydrogen-bond donors (Lipinski definition) is 11. The number of rotatable bonds is 12. The van der Waals surface area contributed by atoms with Crippen molar-refractivity contribution in [2.24, 2.45) is 0 Å². The second kappa shape index (κ2) is 17.9. The van der Waals surface area contributed by atoms with Crippen molar-refractivity contribution in [1.82, 2.24) is 9.88 Å². The molecule has 4 aliphatic rings. The molecule has 17 unspecified atom stereocenters. The van der Waals surface area contributed by atoms with Gasteiger partial charge in [-0.15, -0.1) is 0 Å². The molecule has 304 valence electrons. The number of aliphatic hydroxyl groups excluding tert-OH is 10. The predicted molar refractivity (Wildman–Crippen MR) is 178 cm³/mol. The number of aromatic hydroxyl groups is 1. The smallest absolute Gasteiger partial charge is 0.187 e. The molecule has 0 radical (unpaired) electrons. The van der Waals surface area contributed by atoms with Crippen molar-refractivity contribution in [1.29, 1.82) is 0 Å². The van der Waals surface area contributed by atoms with Crippen LogP contribution in [0.3, 0.4) is 0 Å². The molecular formula is C34H50N2O18. The molecule has 17 atom stereocenters. The lowest BCUT2D eigenvalue weighted by molar-refractivity contribution is -0.352. The summed E-state index contributed by atoms with van der Waals surface area (Å²) in [5, 5.41) is 115. The van der Waals surface area contributed by atoms with Gasteiger partial charge in [0.2, 0.25) is 0 Å². The molecule has 0 amide bonds. The van der Waals surface area contributed by atoms with Gasteiger partial charge >= 0.3 is 0 Å². The Morgan fingerprint density at radius 2 is 1.41 bits per heavy atom. The lowest BCUT2D eigenvalue weighted by atomic mass is 9.94. The highest BCUT2D eigenvalue weighted by molar-refractivity contribution is 5.84. The van der Waals surface area contributed by atoms with Crippen LogP contribution in [0.25, 0.3) is 10.9 Å². The van der Waals surface area contributed by atoms with E-state index in [2.05, 4.69) is 4.98 Å². The van der Waals surface area contributed by atoms with E-state index in [4.69, 9.17) is 33.2 Å². The zero-order valence-corrected chi connectivity index (χ0v) is 29.3. The van der Waals surface area contributed by atoms with Crippen molar-refractivity contribution in [3.05, 3.63) is 36.0 Å². The minimum atomic E-state index is -1.81. The predicted octanol–water partition coefficient (Wildman–Crippen LogP) is -5.01. The quantitative estimate of drug-likeness (QED) is 0.0962. The van der Waals surface area contributed by atoms with Crippen molar-refractivity contribution < 1.29 is 89.3 Å². The average Bonchev–Trinajstić information content (AvgIpc) is 3.16. The van der Waals surface area contributed by atoms with Crippen molar-refractivity contribution in [2.45, 2.75) is 118 Å². The van der Waals surface area contributed by atoms with Gasteiger partial charge in [0.15, 0.2) is 18.9 Å². The van der Waals surface area contributed by atoms with Crippen LogP contribution in [0.4, 0.5) is 0 Å². The first-order chi connectivity index (χ1) is 25.8. The maximum absolute atomic E-state index is 11.3. The second-order valence-electron chi connectivity index (χ2n) is 14.1. The summed E-state index contributed by atoms with van der Waals surface area (Å²) in [7, 11) is 0. The number of nitrogens with zero attached hydrogens (tertiary/aromatic N) is 2. The van der Waals surface area contributed by atoms with E-state index in [9.17, 15) is 56.2 Å². The Hall–Kier alpha value is -2.29. The van der Waals surface area contributed by atoms with Gasteiger partial charge in [0.25, 0.3) is 0 Å². The molecular weight excluding hydrogens is 724 g/mol. The molecule has 0 saturated carbocycles. The highest BCUT2D eigenvalue weighted by Gasteiger charge is 2.51. The van der Waals surface area contributed by atoms with Gasteiger partial charge in [-0.25, -0.2) is 0 Å². The molecule has 54 heavy (non-hydrogen) atoms. The summed E-state index contributed by atoms with van der Waals surface area (Å²) in [5.74, 6) is 0.0529. The number of para-hydroxylation sites is 1. The fraction of sp³-hybridized carbons (Fsp3) is 0.735. The van der Waals surface area contributed by atoms with Crippen molar-refractivity contribution in [2.75, 3.05) is 39.5 Å². The Morgan fingerprint density at radius 3 is 2.13 bits per heavy atom. The van der Waals surface area contributed by atoms with Gasteiger partial charge in [0, 0.05) is 31.2 Å². The summed E-state index contributed by atoms with van der Waals surface area (Å²) in [4.78, 5) is 6.29. The molecule has 2 aromatic rings. The van der Waals surface area contributed by atoms with Gasteiger partial charge in [0.1, 0.15) is 84.5 Å². The van der Waals surface area contributed by atoms with Crippen molar-refractivity contribution >= 4 is 10.9 Å². The normalized spacial score (nSPS) is 42.3. The van der Waals surface area contributed by atoms with E-state index in [1.807, 2.05) is 17.0 Å². The maximum atomic E-state index is 11.3. The Kier molecular flexibility index (Phi) is 13.7. The van der Waals surface area contributed by atoms with Gasteiger partial charge in [0.05, 0.1) is 38.6 Å². The first-order valence-corrected chi connectivity index (χ1v) is 17.8. The van der Waals surface area contributed by atoms with Crippen LogP contribution in [0, 0.1) is 0 Å². The number of phenols is 1. The van der Waals surface area contributed by atoms with E-state index in [0.29, 0.717) is 18.6 Å². The van der Waals surface area contributed by atoms with Gasteiger partial charge in [-0.05, 0) is 24.6 Å². The van der Waals surface area contributed by atoms with Crippen LogP contribution in [-0.2, 0) is 39.7 Å². The topological polar surface area (TPSA) is 303 Å². The van der Waals surface area contributed by atoms with Crippen molar-refractivity contribution in [3.63, 3.8) is 0 Å². The van der Waals surface area contributed by atoms with Gasteiger partial charge in [-0.2, -0.15) is 0 Å². The Morgan fingerprint density at radius 1 is 0.722 bits per heavy atom. The van der Waals surface area contributed by atoms with E-state index in [1.54, 1.807) is 18.3 Å². The molecule has 11 N–H and O–H groups in total. The Labute approximate surface area is 309 Å². The number of aliphatic hydroxyl groups is 10. The minimum absolute atomic E-state index is 0.0529. The zero-order valence-electron chi connectivity index (χ0n) is 29.3. The molecule has 20 heteroatoms. The molecule has 0 aliphatic carbocycles. The number of benzene rings is 1. The monoisotopic (exact) mass is 774 g/mol. The van der Waals surface area contributed by atoms with Gasteiger partial charge in [-0.1, -0.05) is 12.1 Å². The number of hydrogen-bond acceptors (Lipinski definition) is 20. The standard InChI is InChI=1S/C34H50N2O18/c1-14-24(41)31(54-34-29(46)28(45)25(42)19(11-38)52-34)27(44)21(49-14)13-48-33-30(47)32(26(43)20(12-39)51-33)53-22-9-36(8-17(10-37)50-22)7-15-5-16-3-2-4-18(40)23(16)35-6-15/h2-6,14,17,19-22,24-34,37-47H,7-13H2,1H3. The van der Waals surface area contributed by atoms with E-state index >= 15 is 0 Å². The Balaban J connectivity index is 1.10. The SMILES string of the molecule is CC1OC(COC2OC(CO)C(O)C(OC3CN(Cc4cnc5c(O)cccc5c4)CC(CO)O3)C2O)C(O)C(OC2OC(CO)C(O)C(O)C2O)C1O. The van der Waals surface area contributed by atoms with E-state index in [-0.39, 0.29) is 18.9 Å². The van der Waals surface area contributed by atoms with Gasteiger partial charge < -0.3 is 89.3 Å². The molecule has 0 bridgehead atoms. The highest BCUT2D eigenvalue weighted by Crippen LogP contribution is 2.32. The summed E-state index contributed by atoms with van der Waals surface area (Å²) in [5.41, 5.74) is 1.26. The molecule has 6 rings (SSSR count).